The Morgan fingerprint density at radius 2 is 1.77 bits per heavy atom. The molecular formula is C19H25N3O4. The number of hydrogen-bond acceptors (Lipinski definition) is 4. The molecule has 0 saturated carbocycles. The maximum atomic E-state index is 12.9. The van der Waals surface area contributed by atoms with Gasteiger partial charge in [-0.15, -0.1) is 0 Å². The predicted molar refractivity (Wildman–Crippen MR) is 98.5 cm³/mol. The average Bonchev–Trinajstić information content (AvgIpc) is 2.82. The minimum atomic E-state index is -0.801. The Morgan fingerprint density at radius 3 is 2.23 bits per heavy atom. The Hall–Kier alpha value is -2.70. The number of nitrogens with zero attached hydrogens (tertiary/aromatic N) is 2. The minimum absolute atomic E-state index is 0.0324. The van der Waals surface area contributed by atoms with E-state index in [-0.39, 0.29) is 24.1 Å². The highest BCUT2D eigenvalue weighted by Crippen LogP contribution is 2.31. The lowest BCUT2D eigenvalue weighted by molar-refractivity contribution is -0.142. The van der Waals surface area contributed by atoms with Crippen molar-refractivity contribution in [3.8, 4) is 0 Å². The van der Waals surface area contributed by atoms with Gasteiger partial charge in [-0.3, -0.25) is 19.2 Å². The zero-order valence-corrected chi connectivity index (χ0v) is 15.8. The summed E-state index contributed by atoms with van der Waals surface area (Å²) in [5.41, 5.74) is 0.473. The molecule has 2 rings (SSSR count). The van der Waals surface area contributed by atoms with E-state index in [1.165, 1.54) is 18.7 Å². The third-order valence-corrected chi connectivity index (χ3v) is 4.74. The molecule has 7 nitrogen and oxygen atoms in total. The van der Waals surface area contributed by atoms with E-state index in [1.807, 2.05) is 20.8 Å². The summed E-state index contributed by atoms with van der Waals surface area (Å²) in [6.07, 6.45) is 0.630. The van der Waals surface area contributed by atoms with Crippen molar-refractivity contribution in [3.05, 3.63) is 24.3 Å². The van der Waals surface area contributed by atoms with Crippen LogP contribution in [0, 0.1) is 0 Å². The van der Waals surface area contributed by atoms with Crippen LogP contribution in [0.1, 0.15) is 47.5 Å². The number of imide groups is 1. The molecule has 0 aromatic heterocycles. The van der Waals surface area contributed by atoms with Crippen molar-refractivity contribution >= 4 is 35.0 Å². The van der Waals surface area contributed by atoms with E-state index >= 15 is 0 Å². The summed E-state index contributed by atoms with van der Waals surface area (Å²) in [5.74, 6) is -1.18. The van der Waals surface area contributed by atoms with Crippen LogP contribution in [0.2, 0.25) is 0 Å². The molecular weight excluding hydrogens is 334 g/mol. The number of carbonyl (C=O) groups is 4. The molecule has 26 heavy (non-hydrogen) atoms. The summed E-state index contributed by atoms with van der Waals surface area (Å²) in [7, 11) is 0. The van der Waals surface area contributed by atoms with Gasteiger partial charge >= 0.3 is 0 Å². The van der Waals surface area contributed by atoms with Crippen LogP contribution in [0.4, 0.5) is 11.4 Å². The van der Waals surface area contributed by atoms with E-state index in [9.17, 15) is 19.2 Å². The summed E-state index contributed by atoms with van der Waals surface area (Å²) >= 11 is 0. The molecule has 1 fully saturated rings. The monoisotopic (exact) mass is 359 g/mol. The van der Waals surface area contributed by atoms with Crippen molar-refractivity contribution in [2.75, 3.05) is 10.2 Å². The topological polar surface area (TPSA) is 86.8 Å². The minimum Gasteiger partial charge on any atom is -0.326 e. The van der Waals surface area contributed by atoms with Gasteiger partial charge in [-0.25, -0.2) is 4.90 Å². The molecule has 4 amide bonds. The zero-order chi connectivity index (χ0) is 19.6. The van der Waals surface area contributed by atoms with Crippen molar-refractivity contribution in [3.63, 3.8) is 0 Å². The molecule has 1 aliphatic heterocycles. The fourth-order valence-corrected chi connectivity index (χ4v) is 3.22. The van der Waals surface area contributed by atoms with Gasteiger partial charge in [0.1, 0.15) is 6.04 Å². The van der Waals surface area contributed by atoms with Gasteiger partial charge in [0.15, 0.2) is 0 Å². The number of anilines is 2. The van der Waals surface area contributed by atoms with Crippen LogP contribution in [-0.2, 0) is 19.2 Å². The van der Waals surface area contributed by atoms with Gasteiger partial charge in [-0.1, -0.05) is 6.92 Å². The van der Waals surface area contributed by atoms with Crippen LogP contribution in [0.3, 0.4) is 0 Å². The maximum Gasteiger partial charge on any atom is 0.257 e. The summed E-state index contributed by atoms with van der Waals surface area (Å²) in [4.78, 5) is 51.3. The molecule has 1 unspecified atom stereocenters. The second kappa shape index (κ2) is 7.27. The fraction of sp³-hybridized carbons (Fsp3) is 0.474. The fourth-order valence-electron chi connectivity index (χ4n) is 3.22. The molecule has 1 heterocycles. The van der Waals surface area contributed by atoms with E-state index in [0.29, 0.717) is 17.8 Å². The van der Waals surface area contributed by atoms with Gasteiger partial charge in [0.05, 0.1) is 12.1 Å². The van der Waals surface area contributed by atoms with Crippen molar-refractivity contribution in [1.82, 2.24) is 4.90 Å². The molecule has 1 atom stereocenters. The standard InChI is InChI=1S/C19H25N3O4/c1-6-19(4,5)22(13(3)24)16-11-17(25)21(18(16)26)15-9-7-14(8-10-15)20-12(2)23/h7-10,16H,6,11H2,1-5H3,(H,20,23). The number of carbonyl (C=O) groups excluding carboxylic acids is 4. The Bertz CT molecular complexity index is 740. The number of amides is 4. The number of rotatable bonds is 5. The van der Waals surface area contributed by atoms with Gasteiger partial charge in [-0.05, 0) is 44.5 Å². The number of hydrogen-bond donors (Lipinski definition) is 1. The molecule has 0 spiro atoms. The SMILES string of the molecule is CCC(C)(C)N(C(C)=O)C1CC(=O)N(c2ccc(NC(C)=O)cc2)C1=O. The quantitative estimate of drug-likeness (QED) is 0.818. The molecule has 1 aromatic carbocycles. The van der Waals surface area contributed by atoms with Crippen molar-refractivity contribution in [1.29, 1.82) is 0 Å². The molecule has 7 heteroatoms. The maximum absolute atomic E-state index is 12.9. The van der Waals surface area contributed by atoms with Crippen LogP contribution >= 0.6 is 0 Å². The first-order valence-corrected chi connectivity index (χ1v) is 8.63. The molecule has 1 aliphatic rings. The first kappa shape index (κ1) is 19.6. The normalized spacial score (nSPS) is 17.4. The Balaban J connectivity index is 2.30. The van der Waals surface area contributed by atoms with Gasteiger partial charge in [-0.2, -0.15) is 0 Å². The van der Waals surface area contributed by atoms with Crippen molar-refractivity contribution in [2.24, 2.45) is 0 Å². The van der Waals surface area contributed by atoms with E-state index in [2.05, 4.69) is 5.32 Å². The summed E-state index contributed by atoms with van der Waals surface area (Å²) in [6.45, 7) is 8.53. The van der Waals surface area contributed by atoms with Crippen molar-refractivity contribution in [2.45, 2.75) is 59.0 Å². The first-order valence-electron chi connectivity index (χ1n) is 8.63. The zero-order valence-electron chi connectivity index (χ0n) is 15.8. The molecule has 0 aliphatic carbocycles. The van der Waals surface area contributed by atoms with Crippen LogP contribution in [-0.4, -0.2) is 40.1 Å². The average molecular weight is 359 g/mol. The Morgan fingerprint density at radius 1 is 1.19 bits per heavy atom. The molecule has 1 saturated heterocycles. The van der Waals surface area contributed by atoms with E-state index in [4.69, 9.17) is 0 Å². The predicted octanol–water partition coefficient (Wildman–Crippen LogP) is 2.31. The van der Waals surface area contributed by atoms with Crippen LogP contribution in [0.25, 0.3) is 0 Å². The molecule has 1 aromatic rings. The highest BCUT2D eigenvalue weighted by atomic mass is 16.2. The van der Waals surface area contributed by atoms with Crippen LogP contribution in [0.15, 0.2) is 24.3 Å². The van der Waals surface area contributed by atoms with Crippen LogP contribution in [0.5, 0.6) is 0 Å². The van der Waals surface area contributed by atoms with Gasteiger partial charge in [0.2, 0.25) is 17.7 Å². The second-order valence-electron chi connectivity index (χ2n) is 7.07. The number of benzene rings is 1. The lowest BCUT2D eigenvalue weighted by atomic mass is 9.96. The first-order chi connectivity index (χ1) is 12.1. The highest BCUT2D eigenvalue weighted by molar-refractivity contribution is 6.23. The lowest BCUT2D eigenvalue weighted by Gasteiger charge is -2.40. The molecule has 0 radical (unpaired) electrons. The third kappa shape index (κ3) is 3.76. The summed E-state index contributed by atoms with van der Waals surface area (Å²) in [5, 5.41) is 2.63. The van der Waals surface area contributed by atoms with Gasteiger partial charge < -0.3 is 10.2 Å². The smallest absolute Gasteiger partial charge is 0.257 e. The Labute approximate surface area is 153 Å². The largest absolute Gasteiger partial charge is 0.326 e. The van der Waals surface area contributed by atoms with Crippen LogP contribution < -0.4 is 10.2 Å². The van der Waals surface area contributed by atoms with Gasteiger partial charge in [0.25, 0.3) is 5.91 Å². The molecule has 0 bridgehead atoms. The van der Waals surface area contributed by atoms with E-state index in [1.54, 1.807) is 24.3 Å². The van der Waals surface area contributed by atoms with Gasteiger partial charge in [0, 0.05) is 25.1 Å². The molecule has 1 N–H and O–H groups in total. The lowest BCUT2D eigenvalue weighted by Crippen LogP contribution is -2.54. The third-order valence-electron chi connectivity index (χ3n) is 4.74. The second-order valence-corrected chi connectivity index (χ2v) is 7.07. The van der Waals surface area contributed by atoms with E-state index < -0.39 is 17.5 Å². The molecule has 140 valence electrons. The summed E-state index contributed by atoms with van der Waals surface area (Å²) in [6, 6.07) is 5.66. The number of nitrogens with one attached hydrogen (secondary N) is 1. The summed E-state index contributed by atoms with van der Waals surface area (Å²) < 4.78 is 0. The van der Waals surface area contributed by atoms with E-state index in [0.717, 1.165) is 4.90 Å². The Kier molecular flexibility index (Phi) is 5.49. The van der Waals surface area contributed by atoms with Crippen molar-refractivity contribution < 1.29 is 19.2 Å². The highest BCUT2D eigenvalue weighted by Gasteiger charge is 2.47.